The molecule has 0 saturated carbocycles. The maximum Gasteiger partial charge on any atom is 0.208 e. The van der Waals surface area contributed by atoms with Gasteiger partial charge in [-0.3, -0.25) is 9.59 Å². The fraction of sp³-hybridized carbons (Fsp3) is 0.391. The quantitative estimate of drug-likeness (QED) is 0.649. The lowest BCUT2D eigenvalue weighted by atomic mass is 9.80. The van der Waals surface area contributed by atoms with Crippen molar-refractivity contribution in [1.29, 1.82) is 0 Å². The van der Waals surface area contributed by atoms with Gasteiger partial charge >= 0.3 is 0 Å². The van der Waals surface area contributed by atoms with Crippen molar-refractivity contribution in [2.45, 2.75) is 38.1 Å². The number of ether oxygens (including phenoxy) is 5. The predicted octanol–water partition coefficient (Wildman–Crippen LogP) is 3.84. The van der Waals surface area contributed by atoms with Gasteiger partial charge in [-0.15, -0.1) is 0 Å². The molecule has 7 heteroatoms. The molecule has 0 unspecified atom stereocenters. The number of hydrogen-bond donors (Lipinski definition) is 0. The van der Waals surface area contributed by atoms with E-state index in [-0.39, 0.29) is 45.7 Å². The number of rotatable bonds is 3. The summed E-state index contributed by atoms with van der Waals surface area (Å²) in [6.07, 6.45) is 2.23. The van der Waals surface area contributed by atoms with Crippen molar-refractivity contribution in [2.75, 3.05) is 21.3 Å². The molecule has 2 aliphatic heterocycles. The van der Waals surface area contributed by atoms with Gasteiger partial charge in [-0.1, -0.05) is 0 Å². The van der Waals surface area contributed by atoms with E-state index in [9.17, 15) is 9.59 Å². The third kappa shape index (κ3) is 2.48. The van der Waals surface area contributed by atoms with Crippen molar-refractivity contribution in [3.05, 3.63) is 46.0 Å². The van der Waals surface area contributed by atoms with Crippen LogP contribution in [0.1, 0.15) is 69.7 Å². The van der Waals surface area contributed by atoms with Crippen LogP contribution in [0.15, 0.2) is 18.2 Å². The Kier molecular flexibility index (Phi) is 4.08. The van der Waals surface area contributed by atoms with Crippen LogP contribution in [0.4, 0.5) is 0 Å². The van der Waals surface area contributed by atoms with E-state index in [2.05, 4.69) is 0 Å². The molecule has 3 aliphatic rings. The highest BCUT2D eigenvalue weighted by atomic mass is 16.7. The van der Waals surface area contributed by atoms with E-state index in [4.69, 9.17) is 23.7 Å². The Labute approximate surface area is 173 Å². The first-order valence-electron chi connectivity index (χ1n) is 9.88. The van der Waals surface area contributed by atoms with Crippen LogP contribution in [0.5, 0.6) is 23.0 Å². The first-order chi connectivity index (χ1) is 14.4. The molecule has 0 radical (unpaired) electrons. The zero-order valence-corrected chi connectivity index (χ0v) is 17.3. The maximum atomic E-state index is 13.6. The zero-order valence-electron chi connectivity index (χ0n) is 17.3. The van der Waals surface area contributed by atoms with E-state index >= 15 is 0 Å². The van der Waals surface area contributed by atoms with Crippen molar-refractivity contribution >= 4 is 11.6 Å². The maximum absolute atomic E-state index is 13.6. The van der Waals surface area contributed by atoms with E-state index in [0.29, 0.717) is 22.8 Å². The number of fused-ring (bicyclic) bond motifs is 6. The molecule has 1 fully saturated rings. The smallest absolute Gasteiger partial charge is 0.208 e. The fourth-order valence-corrected chi connectivity index (χ4v) is 4.75. The monoisotopic (exact) mass is 410 g/mol. The summed E-state index contributed by atoms with van der Waals surface area (Å²) in [5.74, 6) is 0.201. The Balaban J connectivity index is 1.78. The van der Waals surface area contributed by atoms with Gasteiger partial charge in [0.2, 0.25) is 11.6 Å². The molecule has 2 aromatic carbocycles. The van der Waals surface area contributed by atoms with Gasteiger partial charge in [0.25, 0.3) is 0 Å². The number of carbonyl (C=O) groups excluding carboxylic acids is 2. The first kappa shape index (κ1) is 18.9. The molecule has 7 nitrogen and oxygen atoms in total. The molecule has 0 N–H and O–H groups in total. The summed E-state index contributed by atoms with van der Waals surface area (Å²) in [5, 5.41) is 0. The fourth-order valence-electron chi connectivity index (χ4n) is 4.75. The summed E-state index contributed by atoms with van der Waals surface area (Å²) in [4.78, 5) is 27.1. The molecule has 0 amide bonds. The highest BCUT2D eigenvalue weighted by Crippen LogP contribution is 2.53. The zero-order chi connectivity index (χ0) is 21.2. The molecule has 1 saturated heterocycles. The summed E-state index contributed by atoms with van der Waals surface area (Å²) in [6.45, 7) is 1.89. The topological polar surface area (TPSA) is 80.3 Å². The van der Waals surface area contributed by atoms with Gasteiger partial charge in [-0.05, 0) is 25.0 Å². The molecule has 30 heavy (non-hydrogen) atoms. The normalized spacial score (nSPS) is 23.7. The number of benzene rings is 2. The van der Waals surface area contributed by atoms with Crippen LogP contribution in [-0.4, -0.2) is 38.7 Å². The standard InChI is InChI=1S/C23H22O7/c1-23-7-5-6-14(29-23)19-16(30-23)10-13-18(22(19)28-4)21(25)17-12(20(13)24)8-11(26-2)9-15(17)27-3/h8-10,14H,5-7H2,1-4H3/t14-,23+/m1/s1. The lowest BCUT2D eigenvalue weighted by Crippen LogP contribution is -2.44. The second-order valence-electron chi connectivity index (χ2n) is 7.89. The van der Waals surface area contributed by atoms with Gasteiger partial charge in [0.1, 0.15) is 23.0 Å². The lowest BCUT2D eigenvalue weighted by molar-refractivity contribution is -0.243. The molecule has 156 valence electrons. The van der Waals surface area contributed by atoms with Crippen LogP contribution in [0, 0.1) is 0 Å². The summed E-state index contributed by atoms with van der Waals surface area (Å²) >= 11 is 0. The molecular formula is C23H22O7. The summed E-state index contributed by atoms with van der Waals surface area (Å²) in [6, 6.07) is 4.81. The summed E-state index contributed by atoms with van der Waals surface area (Å²) in [7, 11) is 4.44. The van der Waals surface area contributed by atoms with Gasteiger partial charge in [0.15, 0.2) is 5.78 Å². The SMILES string of the molecule is COc1cc(OC)c2c(c1)C(=O)c1cc3c(c(OC)c1C2=O)[C@H]1CCC[C@](C)(O3)O1. The third-order valence-electron chi connectivity index (χ3n) is 6.10. The third-order valence-corrected chi connectivity index (χ3v) is 6.10. The van der Waals surface area contributed by atoms with Gasteiger partial charge in [0, 0.05) is 30.5 Å². The van der Waals surface area contributed by atoms with Crippen molar-refractivity contribution < 1.29 is 33.3 Å². The van der Waals surface area contributed by atoms with Gasteiger partial charge in [-0.2, -0.15) is 0 Å². The van der Waals surface area contributed by atoms with Crippen LogP contribution in [0.2, 0.25) is 0 Å². The van der Waals surface area contributed by atoms with E-state index in [1.807, 2.05) is 6.92 Å². The number of hydrogen-bond acceptors (Lipinski definition) is 7. The molecule has 2 heterocycles. The molecule has 5 rings (SSSR count). The Morgan fingerprint density at radius 1 is 0.967 bits per heavy atom. The number of carbonyl (C=O) groups is 2. The molecule has 0 spiro atoms. The van der Waals surface area contributed by atoms with E-state index in [0.717, 1.165) is 19.3 Å². The Hall–Kier alpha value is -3.06. The van der Waals surface area contributed by atoms with Gasteiger partial charge in [0.05, 0.1) is 44.1 Å². The first-order valence-corrected chi connectivity index (χ1v) is 9.88. The molecule has 2 bridgehead atoms. The average molecular weight is 410 g/mol. The Bertz CT molecular complexity index is 1100. The molecule has 2 aromatic rings. The van der Waals surface area contributed by atoms with Gasteiger partial charge in [-0.25, -0.2) is 0 Å². The van der Waals surface area contributed by atoms with Crippen LogP contribution in [0.3, 0.4) is 0 Å². The van der Waals surface area contributed by atoms with Crippen molar-refractivity contribution in [1.82, 2.24) is 0 Å². The largest absolute Gasteiger partial charge is 0.497 e. The van der Waals surface area contributed by atoms with Crippen LogP contribution in [-0.2, 0) is 4.74 Å². The minimum absolute atomic E-state index is 0.208. The molecular weight excluding hydrogens is 388 g/mol. The van der Waals surface area contributed by atoms with Crippen molar-refractivity contribution in [3.8, 4) is 23.0 Å². The lowest BCUT2D eigenvalue weighted by Gasteiger charge is -2.44. The highest BCUT2D eigenvalue weighted by molar-refractivity contribution is 6.30. The predicted molar refractivity (Wildman–Crippen MR) is 106 cm³/mol. The molecule has 0 aromatic heterocycles. The highest BCUT2D eigenvalue weighted by Gasteiger charge is 2.46. The van der Waals surface area contributed by atoms with Crippen LogP contribution in [0.25, 0.3) is 0 Å². The van der Waals surface area contributed by atoms with Crippen LogP contribution < -0.4 is 18.9 Å². The summed E-state index contributed by atoms with van der Waals surface area (Å²) < 4.78 is 28.7. The van der Waals surface area contributed by atoms with Crippen LogP contribution >= 0.6 is 0 Å². The van der Waals surface area contributed by atoms with Gasteiger partial charge < -0.3 is 23.7 Å². The molecule has 2 atom stereocenters. The average Bonchev–Trinajstić information content (AvgIpc) is 2.74. The van der Waals surface area contributed by atoms with E-state index < -0.39 is 5.79 Å². The number of ketones is 2. The Morgan fingerprint density at radius 2 is 1.73 bits per heavy atom. The number of methoxy groups -OCH3 is 3. The van der Waals surface area contributed by atoms with E-state index in [1.54, 1.807) is 18.2 Å². The van der Waals surface area contributed by atoms with Crippen molar-refractivity contribution in [3.63, 3.8) is 0 Å². The Morgan fingerprint density at radius 3 is 2.43 bits per heavy atom. The minimum atomic E-state index is -0.749. The summed E-state index contributed by atoms with van der Waals surface area (Å²) in [5.41, 5.74) is 1.61. The van der Waals surface area contributed by atoms with E-state index in [1.165, 1.54) is 21.3 Å². The second-order valence-corrected chi connectivity index (χ2v) is 7.89. The minimum Gasteiger partial charge on any atom is -0.497 e. The second kappa shape index (κ2) is 6.47. The van der Waals surface area contributed by atoms with Crippen molar-refractivity contribution in [2.24, 2.45) is 0 Å². The molecule has 1 aliphatic carbocycles.